The second kappa shape index (κ2) is 9.16. The molecular formula is C21H33N3O2S2. The van der Waals surface area contributed by atoms with Gasteiger partial charge in [0, 0.05) is 23.4 Å². The maximum Gasteiger partial charge on any atom is 0.301 e. The van der Waals surface area contributed by atoms with Crippen LogP contribution in [-0.4, -0.2) is 39.8 Å². The summed E-state index contributed by atoms with van der Waals surface area (Å²) in [4.78, 5) is 6.73. The highest BCUT2D eigenvalue weighted by atomic mass is 32.2. The molecular weight excluding hydrogens is 390 g/mol. The first-order valence-electron chi connectivity index (χ1n) is 10.6. The minimum atomic E-state index is 0.0514. The van der Waals surface area contributed by atoms with Crippen molar-refractivity contribution in [1.29, 1.82) is 0 Å². The number of hydrogen-bond acceptors (Lipinski definition) is 6. The van der Waals surface area contributed by atoms with Gasteiger partial charge >= 0.3 is 6.02 Å². The summed E-state index contributed by atoms with van der Waals surface area (Å²) in [6.07, 6.45) is 11.4. The third-order valence-electron chi connectivity index (χ3n) is 6.82. The molecule has 0 amide bonds. The van der Waals surface area contributed by atoms with Crippen molar-refractivity contribution in [2.75, 3.05) is 19.4 Å². The summed E-state index contributed by atoms with van der Waals surface area (Å²) in [6, 6.07) is 2.52. The molecule has 1 spiro atoms. The van der Waals surface area contributed by atoms with E-state index in [0.717, 1.165) is 35.8 Å². The number of rotatable bonds is 5. The summed E-state index contributed by atoms with van der Waals surface area (Å²) in [6.45, 7) is 8.22. The fourth-order valence-electron chi connectivity index (χ4n) is 4.65. The molecule has 7 heteroatoms. The summed E-state index contributed by atoms with van der Waals surface area (Å²) in [7, 11) is 0. The van der Waals surface area contributed by atoms with Crippen molar-refractivity contribution in [2.24, 2.45) is 10.4 Å². The lowest BCUT2D eigenvalue weighted by Crippen LogP contribution is -2.52. The van der Waals surface area contributed by atoms with Crippen molar-refractivity contribution >= 4 is 40.2 Å². The number of aliphatic imine (C=N–C) groups is 1. The summed E-state index contributed by atoms with van der Waals surface area (Å²) in [5.41, 5.74) is 1.24. The van der Waals surface area contributed by atoms with E-state index < -0.39 is 0 Å². The zero-order chi connectivity index (χ0) is 20.2. The molecule has 0 bridgehead atoms. The van der Waals surface area contributed by atoms with E-state index >= 15 is 0 Å². The maximum atomic E-state index is 6.17. The molecule has 2 aliphatic rings. The largest absolute Gasteiger partial charge is 0.464 e. The second-order valence-electron chi connectivity index (χ2n) is 8.19. The van der Waals surface area contributed by atoms with Crippen LogP contribution in [0, 0.1) is 5.41 Å². The van der Waals surface area contributed by atoms with Crippen molar-refractivity contribution in [3.8, 4) is 0 Å². The Hall–Kier alpha value is -1.08. The number of thiocarbonyl (C=S) groups is 1. The maximum absolute atomic E-state index is 6.17. The van der Waals surface area contributed by atoms with Crippen molar-refractivity contribution in [1.82, 2.24) is 10.1 Å². The number of amidine groups is 1. The number of ether oxygens (including phenoxy) is 1. The van der Waals surface area contributed by atoms with Gasteiger partial charge in [-0.15, -0.1) is 0 Å². The van der Waals surface area contributed by atoms with E-state index in [1.165, 1.54) is 32.1 Å². The molecule has 1 saturated carbocycles. The molecule has 1 saturated heterocycles. The Morgan fingerprint density at radius 3 is 2.54 bits per heavy atom. The van der Waals surface area contributed by atoms with Crippen LogP contribution in [-0.2, 0) is 10.2 Å². The lowest BCUT2D eigenvalue weighted by atomic mass is 9.74. The SMILES string of the molecule is CCC(CC)(CC)c1cc(N=C2OCC3(CCCCC3)CN2C(=S)SC)on1. The van der Waals surface area contributed by atoms with Gasteiger partial charge in [-0.25, -0.2) is 0 Å². The molecule has 1 aromatic rings. The third-order valence-corrected chi connectivity index (χ3v) is 8.11. The van der Waals surface area contributed by atoms with Gasteiger partial charge in [-0.05, 0) is 38.4 Å². The van der Waals surface area contributed by atoms with E-state index in [1.807, 2.05) is 12.3 Å². The van der Waals surface area contributed by atoms with Crippen molar-refractivity contribution < 1.29 is 9.26 Å². The van der Waals surface area contributed by atoms with Crippen molar-refractivity contribution in [3.05, 3.63) is 11.8 Å². The van der Waals surface area contributed by atoms with Gasteiger partial charge in [-0.3, -0.25) is 4.90 Å². The lowest BCUT2D eigenvalue weighted by Gasteiger charge is -2.45. The first kappa shape index (κ1) is 21.6. The number of nitrogens with zero attached hydrogens (tertiary/aromatic N) is 3. The van der Waals surface area contributed by atoms with Crippen LogP contribution in [0.4, 0.5) is 5.88 Å². The Morgan fingerprint density at radius 2 is 1.93 bits per heavy atom. The van der Waals surface area contributed by atoms with Gasteiger partial charge in [0.05, 0.1) is 12.3 Å². The number of thioether (sulfide) groups is 1. The molecule has 0 atom stereocenters. The van der Waals surface area contributed by atoms with Crippen LogP contribution in [0.15, 0.2) is 15.6 Å². The first-order chi connectivity index (χ1) is 13.5. The molecule has 0 radical (unpaired) electrons. The lowest BCUT2D eigenvalue weighted by molar-refractivity contribution is 0.0345. The fraction of sp³-hybridized carbons (Fsp3) is 0.762. The summed E-state index contributed by atoms with van der Waals surface area (Å²) in [5, 5.41) is 4.35. The quantitative estimate of drug-likeness (QED) is 0.537. The Morgan fingerprint density at radius 1 is 1.25 bits per heavy atom. The first-order valence-corrected chi connectivity index (χ1v) is 12.2. The fourth-order valence-corrected chi connectivity index (χ4v) is 5.16. The van der Waals surface area contributed by atoms with Crippen LogP contribution in [0.5, 0.6) is 0 Å². The highest BCUT2D eigenvalue weighted by Gasteiger charge is 2.41. The minimum absolute atomic E-state index is 0.0514. The van der Waals surface area contributed by atoms with Crippen molar-refractivity contribution in [3.63, 3.8) is 0 Å². The zero-order valence-corrected chi connectivity index (χ0v) is 19.3. The molecule has 3 rings (SSSR count). The van der Waals surface area contributed by atoms with E-state index in [-0.39, 0.29) is 10.8 Å². The average Bonchev–Trinajstić information content (AvgIpc) is 3.20. The smallest absolute Gasteiger partial charge is 0.301 e. The van der Waals surface area contributed by atoms with Crippen LogP contribution >= 0.6 is 24.0 Å². The van der Waals surface area contributed by atoms with Crippen LogP contribution in [0.25, 0.3) is 0 Å². The molecule has 0 aromatic carbocycles. The molecule has 28 heavy (non-hydrogen) atoms. The predicted octanol–water partition coefficient (Wildman–Crippen LogP) is 6.06. The van der Waals surface area contributed by atoms with E-state index in [2.05, 4.69) is 35.8 Å². The molecule has 0 N–H and O–H groups in total. The summed E-state index contributed by atoms with van der Waals surface area (Å²) >= 11 is 7.19. The Kier molecular flexibility index (Phi) is 7.07. The van der Waals surface area contributed by atoms with Gasteiger partial charge in [0.25, 0.3) is 5.88 Å². The summed E-state index contributed by atoms with van der Waals surface area (Å²) < 4.78 is 12.6. The minimum Gasteiger partial charge on any atom is -0.464 e. The highest BCUT2D eigenvalue weighted by Crippen LogP contribution is 2.41. The van der Waals surface area contributed by atoms with Gasteiger partial charge in [-0.1, -0.05) is 69.2 Å². The Bertz CT molecular complexity index is 698. The van der Waals surface area contributed by atoms with Crippen LogP contribution in [0.2, 0.25) is 0 Å². The molecule has 1 aliphatic heterocycles. The van der Waals surface area contributed by atoms with Crippen LogP contribution in [0.1, 0.15) is 77.8 Å². The molecule has 2 heterocycles. The standard InChI is InChI=1S/C21H33N3O2S2/c1-5-21(6-2,7-3)16-13-17(26-23-16)22-18-24(19(27)28-4)14-20(15-25-18)11-9-8-10-12-20/h13H,5-12,14-15H2,1-4H3. The van der Waals surface area contributed by atoms with Gasteiger partial charge in [0.1, 0.15) is 4.32 Å². The van der Waals surface area contributed by atoms with E-state index in [9.17, 15) is 0 Å². The summed E-state index contributed by atoms with van der Waals surface area (Å²) in [5.74, 6) is 0.498. The van der Waals surface area contributed by atoms with Gasteiger partial charge < -0.3 is 9.26 Å². The molecule has 2 fully saturated rings. The number of hydrogen-bond donors (Lipinski definition) is 0. The van der Waals surface area contributed by atoms with Gasteiger partial charge in [0.15, 0.2) is 0 Å². The molecule has 5 nitrogen and oxygen atoms in total. The Labute approximate surface area is 178 Å². The third kappa shape index (κ3) is 4.25. The van der Waals surface area contributed by atoms with Gasteiger partial charge in [0.2, 0.25) is 0 Å². The monoisotopic (exact) mass is 423 g/mol. The molecule has 156 valence electrons. The molecule has 1 aromatic heterocycles. The molecule has 1 aliphatic carbocycles. The zero-order valence-electron chi connectivity index (χ0n) is 17.6. The second-order valence-corrected chi connectivity index (χ2v) is 9.63. The average molecular weight is 424 g/mol. The van der Waals surface area contributed by atoms with E-state index in [4.69, 9.17) is 21.5 Å². The number of aromatic nitrogens is 1. The van der Waals surface area contributed by atoms with Crippen LogP contribution < -0.4 is 0 Å². The van der Waals surface area contributed by atoms with Crippen LogP contribution in [0.3, 0.4) is 0 Å². The predicted molar refractivity (Wildman–Crippen MR) is 120 cm³/mol. The van der Waals surface area contributed by atoms with Crippen molar-refractivity contribution in [2.45, 2.75) is 77.6 Å². The normalized spacial score (nSPS) is 21.1. The Balaban J connectivity index is 1.85. The van der Waals surface area contributed by atoms with Gasteiger partial charge in [-0.2, -0.15) is 4.99 Å². The van der Waals surface area contributed by atoms with E-state index in [1.54, 1.807) is 11.8 Å². The van der Waals surface area contributed by atoms with E-state index in [0.29, 0.717) is 18.5 Å². The highest BCUT2D eigenvalue weighted by molar-refractivity contribution is 8.22. The topological polar surface area (TPSA) is 50.9 Å². The molecule has 0 unspecified atom stereocenters.